The quantitative estimate of drug-likeness (QED) is 0.689. The molecule has 2 aliphatic carbocycles. The maximum atomic E-state index is 13.2. The van der Waals surface area contributed by atoms with Crippen molar-refractivity contribution >= 4 is 17.7 Å². The number of amides is 1. The van der Waals surface area contributed by atoms with Gasteiger partial charge in [-0.25, -0.2) is 0 Å². The molecule has 4 rings (SSSR count). The van der Waals surface area contributed by atoms with Crippen LogP contribution in [0.25, 0.3) is 0 Å². The highest BCUT2D eigenvalue weighted by molar-refractivity contribution is 8.00. The summed E-state index contributed by atoms with van der Waals surface area (Å²) in [6, 6.07) is 20.6. The highest BCUT2D eigenvalue weighted by Gasteiger charge is 2.42. The van der Waals surface area contributed by atoms with Crippen LogP contribution in [0.1, 0.15) is 43.4 Å². The fourth-order valence-corrected chi connectivity index (χ4v) is 5.90. The van der Waals surface area contributed by atoms with Crippen molar-refractivity contribution in [1.82, 2.24) is 5.32 Å². The molecule has 2 fully saturated rings. The second kappa shape index (κ2) is 7.87. The average Bonchev–Trinajstić information content (AvgIpc) is 3.31. The summed E-state index contributed by atoms with van der Waals surface area (Å²) >= 11 is 1.64. The van der Waals surface area contributed by atoms with E-state index in [0.717, 1.165) is 22.3 Å². The van der Waals surface area contributed by atoms with Crippen molar-refractivity contribution in [3.63, 3.8) is 0 Å². The van der Waals surface area contributed by atoms with E-state index in [1.807, 2.05) is 36.4 Å². The number of carbonyl (C=O) groups excluding carboxylic acids is 1. The fourth-order valence-electron chi connectivity index (χ4n) is 4.85. The molecule has 3 heteroatoms. The van der Waals surface area contributed by atoms with Crippen LogP contribution >= 0.6 is 11.8 Å². The average molecular weight is 366 g/mol. The molecule has 2 bridgehead atoms. The number of carbonyl (C=O) groups is 1. The van der Waals surface area contributed by atoms with Gasteiger partial charge in [-0.2, -0.15) is 0 Å². The number of benzene rings is 2. The zero-order chi connectivity index (χ0) is 17.9. The van der Waals surface area contributed by atoms with Gasteiger partial charge < -0.3 is 5.32 Å². The molecule has 26 heavy (non-hydrogen) atoms. The van der Waals surface area contributed by atoms with E-state index in [2.05, 4.69) is 36.5 Å². The van der Waals surface area contributed by atoms with Crippen LogP contribution in [0.15, 0.2) is 65.6 Å². The summed E-state index contributed by atoms with van der Waals surface area (Å²) in [5.74, 6) is 2.54. The van der Waals surface area contributed by atoms with Crippen LogP contribution in [0.2, 0.25) is 0 Å². The Morgan fingerprint density at radius 1 is 1.00 bits per heavy atom. The molecule has 0 unspecified atom stereocenters. The summed E-state index contributed by atoms with van der Waals surface area (Å²) < 4.78 is 0. The minimum atomic E-state index is -0.209. The number of hydrogen-bond donors (Lipinski definition) is 1. The summed E-state index contributed by atoms with van der Waals surface area (Å²) in [6.07, 6.45) is 5.44. The Labute approximate surface area is 160 Å². The van der Waals surface area contributed by atoms with Crippen molar-refractivity contribution in [1.29, 1.82) is 0 Å². The first-order valence-corrected chi connectivity index (χ1v) is 10.7. The first-order valence-electron chi connectivity index (χ1n) is 9.77. The van der Waals surface area contributed by atoms with Gasteiger partial charge in [0, 0.05) is 10.9 Å². The highest BCUT2D eigenvalue weighted by Crippen LogP contribution is 2.49. The summed E-state index contributed by atoms with van der Waals surface area (Å²) in [4.78, 5) is 14.3. The molecule has 1 amide bonds. The van der Waals surface area contributed by atoms with Crippen molar-refractivity contribution in [3.8, 4) is 0 Å². The molecule has 2 aromatic carbocycles. The molecule has 0 saturated heterocycles. The van der Waals surface area contributed by atoms with E-state index in [1.54, 1.807) is 11.8 Å². The van der Waals surface area contributed by atoms with Crippen LogP contribution in [0.3, 0.4) is 0 Å². The summed E-state index contributed by atoms with van der Waals surface area (Å²) in [6.45, 7) is 2.21. The number of fused-ring (bicyclic) bond motifs is 2. The van der Waals surface area contributed by atoms with Crippen LogP contribution in [0.5, 0.6) is 0 Å². The van der Waals surface area contributed by atoms with E-state index in [0.29, 0.717) is 5.92 Å². The van der Waals surface area contributed by atoms with Crippen molar-refractivity contribution < 1.29 is 4.79 Å². The Bertz CT molecular complexity index is 732. The molecule has 2 aromatic rings. The molecule has 0 spiro atoms. The number of hydrogen-bond acceptors (Lipinski definition) is 2. The van der Waals surface area contributed by atoms with Gasteiger partial charge in [0.15, 0.2) is 0 Å². The van der Waals surface area contributed by atoms with Crippen LogP contribution in [-0.2, 0) is 4.79 Å². The molecule has 1 N–H and O–H groups in total. The maximum Gasteiger partial charge on any atom is 0.238 e. The predicted molar refractivity (Wildman–Crippen MR) is 108 cm³/mol. The van der Waals surface area contributed by atoms with Gasteiger partial charge in [0.05, 0.1) is 0 Å². The SMILES string of the molecule is C[C@H](NC(=O)[C@@H](Sc1ccccc1)c1ccccc1)[C@H]1C[C@H]2CC[C@H]1C2. The van der Waals surface area contributed by atoms with Crippen LogP contribution < -0.4 is 5.32 Å². The Hall–Kier alpha value is -1.74. The van der Waals surface area contributed by atoms with Gasteiger partial charge in [-0.1, -0.05) is 55.0 Å². The number of nitrogens with one attached hydrogen (secondary N) is 1. The molecular formula is C23H27NOS. The third-order valence-corrected chi connectivity index (χ3v) is 7.41. The lowest BCUT2D eigenvalue weighted by molar-refractivity contribution is -0.121. The molecule has 0 aromatic heterocycles. The van der Waals surface area contributed by atoms with Crippen molar-refractivity contribution in [2.75, 3.05) is 0 Å². The standard InChI is InChI=1S/C23H27NOS/c1-16(21-15-17-12-13-19(21)14-17)24-23(25)22(18-8-4-2-5-9-18)26-20-10-6-3-7-11-20/h2-11,16-17,19,21-22H,12-15H2,1H3,(H,24,25)/t16-,17-,19-,21+,22-/m0/s1. The van der Waals surface area contributed by atoms with E-state index in [1.165, 1.54) is 25.7 Å². The van der Waals surface area contributed by atoms with Gasteiger partial charge in [-0.15, -0.1) is 11.8 Å². The molecule has 0 heterocycles. The van der Waals surface area contributed by atoms with Gasteiger partial charge >= 0.3 is 0 Å². The molecule has 5 atom stereocenters. The van der Waals surface area contributed by atoms with Crippen molar-refractivity contribution in [2.24, 2.45) is 17.8 Å². The van der Waals surface area contributed by atoms with Gasteiger partial charge in [0.1, 0.15) is 5.25 Å². The summed E-state index contributed by atoms with van der Waals surface area (Å²) in [7, 11) is 0. The van der Waals surface area contributed by atoms with Gasteiger partial charge in [0.2, 0.25) is 5.91 Å². The Morgan fingerprint density at radius 3 is 2.31 bits per heavy atom. The zero-order valence-electron chi connectivity index (χ0n) is 15.3. The van der Waals surface area contributed by atoms with E-state index >= 15 is 0 Å². The van der Waals surface area contributed by atoms with Crippen LogP contribution in [-0.4, -0.2) is 11.9 Å². The lowest BCUT2D eigenvalue weighted by Crippen LogP contribution is -2.41. The number of thioether (sulfide) groups is 1. The van der Waals surface area contributed by atoms with Crippen molar-refractivity contribution in [3.05, 3.63) is 66.2 Å². The van der Waals surface area contributed by atoms with Gasteiger partial charge in [-0.05, 0) is 61.6 Å². The van der Waals surface area contributed by atoms with E-state index in [-0.39, 0.29) is 17.2 Å². The highest BCUT2D eigenvalue weighted by atomic mass is 32.2. The third-order valence-electron chi connectivity index (χ3n) is 6.14. The summed E-state index contributed by atoms with van der Waals surface area (Å²) in [5.41, 5.74) is 1.07. The molecule has 2 nitrogen and oxygen atoms in total. The molecule has 2 saturated carbocycles. The predicted octanol–water partition coefficient (Wildman–Crippen LogP) is 5.46. The first-order chi connectivity index (χ1) is 12.7. The zero-order valence-corrected chi connectivity index (χ0v) is 16.1. The molecule has 0 aliphatic heterocycles. The topological polar surface area (TPSA) is 29.1 Å². The lowest BCUT2D eigenvalue weighted by Gasteiger charge is -2.30. The van der Waals surface area contributed by atoms with Gasteiger partial charge in [-0.3, -0.25) is 4.79 Å². The second-order valence-electron chi connectivity index (χ2n) is 7.86. The number of rotatable bonds is 6. The lowest BCUT2D eigenvalue weighted by atomic mass is 9.84. The molecule has 0 radical (unpaired) electrons. The molecular weight excluding hydrogens is 338 g/mol. The molecule has 136 valence electrons. The smallest absolute Gasteiger partial charge is 0.238 e. The minimum absolute atomic E-state index is 0.139. The Balaban J connectivity index is 1.48. The maximum absolute atomic E-state index is 13.2. The Kier molecular flexibility index (Phi) is 5.35. The third kappa shape index (κ3) is 3.83. The first kappa shape index (κ1) is 17.7. The van der Waals surface area contributed by atoms with Crippen LogP contribution in [0.4, 0.5) is 0 Å². The normalized spacial score (nSPS) is 26.4. The largest absolute Gasteiger partial charge is 0.352 e. The van der Waals surface area contributed by atoms with Crippen LogP contribution in [0, 0.1) is 17.8 Å². The molecule has 2 aliphatic rings. The van der Waals surface area contributed by atoms with E-state index < -0.39 is 0 Å². The second-order valence-corrected chi connectivity index (χ2v) is 9.04. The fraction of sp³-hybridized carbons (Fsp3) is 0.435. The van der Waals surface area contributed by atoms with E-state index in [9.17, 15) is 4.79 Å². The Morgan fingerprint density at radius 2 is 1.69 bits per heavy atom. The van der Waals surface area contributed by atoms with E-state index in [4.69, 9.17) is 0 Å². The van der Waals surface area contributed by atoms with Crippen molar-refractivity contribution in [2.45, 2.75) is 48.8 Å². The summed E-state index contributed by atoms with van der Waals surface area (Å²) in [5, 5.41) is 3.16. The van der Waals surface area contributed by atoms with Gasteiger partial charge in [0.25, 0.3) is 0 Å². The monoisotopic (exact) mass is 365 g/mol. The minimum Gasteiger partial charge on any atom is -0.352 e.